The van der Waals surface area contributed by atoms with E-state index in [2.05, 4.69) is 0 Å². The highest BCUT2D eigenvalue weighted by Gasteiger charge is 2.29. The maximum Gasteiger partial charge on any atom is 0.416 e. The van der Waals surface area contributed by atoms with Crippen molar-refractivity contribution in [2.24, 2.45) is 0 Å². The molecule has 5 heteroatoms. The minimum Gasteiger partial charge on any atom is -0.489 e. The van der Waals surface area contributed by atoms with Crippen LogP contribution in [0.3, 0.4) is 0 Å². The summed E-state index contributed by atoms with van der Waals surface area (Å²) in [5.74, 6) is 0.523. The molecule has 0 aliphatic rings. The molecule has 0 amide bonds. The van der Waals surface area contributed by atoms with Crippen LogP contribution in [0.1, 0.15) is 16.7 Å². The third kappa shape index (κ3) is 3.51. The maximum atomic E-state index is 12.4. The Balaban J connectivity index is 2.04. The Morgan fingerprint density at radius 3 is 2.20 bits per heavy atom. The van der Waals surface area contributed by atoms with Crippen molar-refractivity contribution in [3.8, 4) is 5.75 Å². The molecule has 2 aromatic carbocycles. The lowest BCUT2D eigenvalue weighted by atomic mass is 10.1. The van der Waals surface area contributed by atoms with Gasteiger partial charge in [0, 0.05) is 5.56 Å². The van der Waals surface area contributed by atoms with Crippen molar-refractivity contribution < 1.29 is 23.0 Å². The first-order valence-corrected chi connectivity index (χ1v) is 5.98. The number of rotatable bonds is 4. The number of aliphatic hydroxyl groups is 1. The second-order valence-corrected chi connectivity index (χ2v) is 4.25. The molecule has 1 N–H and O–H groups in total. The van der Waals surface area contributed by atoms with E-state index in [1.54, 1.807) is 24.3 Å². The van der Waals surface area contributed by atoms with Crippen LogP contribution in [0, 0.1) is 0 Å². The van der Waals surface area contributed by atoms with Crippen LogP contribution < -0.4 is 4.74 Å². The summed E-state index contributed by atoms with van der Waals surface area (Å²) < 4.78 is 42.7. The van der Waals surface area contributed by atoms with Crippen LogP contribution >= 0.6 is 0 Å². The molecule has 0 fully saturated rings. The molecule has 0 radical (unpaired) electrons. The Hall–Kier alpha value is -2.01. The minimum absolute atomic E-state index is 0.148. The second-order valence-electron chi connectivity index (χ2n) is 4.25. The van der Waals surface area contributed by atoms with Crippen LogP contribution in [0.2, 0.25) is 0 Å². The van der Waals surface area contributed by atoms with Crippen LogP contribution in [-0.4, -0.2) is 5.11 Å². The zero-order valence-corrected chi connectivity index (χ0v) is 10.5. The molecule has 0 aliphatic carbocycles. The molecule has 0 bridgehead atoms. The van der Waals surface area contributed by atoms with Crippen LogP contribution in [-0.2, 0) is 19.4 Å². The van der Waals surface area contributed by atoms with E-state index < -0.39 is 11.7 Å². The van der Waals surface area contributed by atoms with Gasteiger partial charge >= 0.3 is 6.18 Å². The predicted molar refractivity (Wildman–Crippen MR) is 68.1 cm³/mol. The summed E-state index contributed by atoms with van der Waals surface area (Å²) in [6.45, 7) is -0.00165. The van der Waals surface area contributed by atoms with Gasteiger partial charge in [0.2, 0.25) is 0 Å². The first kappa shape index (κ1) is 14.4. The van der Waals surface area contributed by atoms with E-state index >= 15 is 0 Å². The van der Waals surface area contributed by atoms with E-state index in [9.17, 15) is 13.2 Å². The number of aliphatic hydroxyl groups excluding tert-OH is 1. The van der Waals surface area contributed by atoms with Crippen LogP contribution in [0.5, 0.6) is 5.75 Å². The summed E-state index contributed by atoms with van der Waals surface area (Å²) in [5, 5.41) is 9.14. The third-order valence-electron chi connectivity index (χ3n) is 2.82. The molecule has 106 valence electrons. The van der Waals surface area contributed by atoms with Crippen LogP contribution in [0.4, 0.5) is 13.2 Å². The highest BCUT2D eigenvalue weighted by atomic mass is 19.4. The Bertz CT molecular complexity index is 562. The molecule has 0 unspecified atom stereocenters. The zero-order chi connectivity index (χ0) is 14.6. The fraction of sp³-hybridized carbons (Fsp3) is 0.200. The first-order valence-electron chi connectivity index (χ1n) is 5.98. The topological polar surface area (TPSA) is 29.5 Å². The van der Waals surface area contributed by atoms with Crippen LogP contribution in [0.15, 0.2) is 48.5 Å². The summed E-state index contributed by atoms with van der Waals surface area (Å²) in [6, 6.07) is 11.8. The van der Waals surface area contributed by atoms with Crippen molar-refractivity contribution in [2.75, 3.05) is 0 Å². The summed E-state index contributed by atoms with van der Waals surface area (Å²) >= 11 is 0. The normalized spacial score (nSPS) is 11.4. The molecule has 0 atom stereocenters. The Kier molecular flexibility index (Phi) is 4.29. The summed E-state index contributed by atoms with van der Waals surface area (Å²) in [6.07, 6.45) is -4.33. The first-order chi connectivity index (χ1) is 9.50. The average Bonchev–Trinajstić information content (AvgIpc) is 2.45. The maximum absolute atomic E-state index is 12.4. The lowest BCUT2D eigenvalue weighted by molar-refractivity contribution is -0.137. The largest absolute Gasteiger partial charge is 0.489 e. The lowest BCUT2D eigenvalue weighted by Crippen LogP contribution is -2.05. The molecule has 2 aromatic rings. The third-order valence-corrected chi connectivity index (χ3v) is 2.82. The van der Waals surface area contributed by atoms with Gasteiger partial charge in [0.15, 0.2) is 0 Å². The van der Waals surface area contributed by atoms with Crippen molar-refractivity contribution >= 4 is 0 Å². The molecular formula is C15H13F3O2. The van der Waals surface area contributed by atoms with Gasteiger partial charge in [0.25, 0.3) is 0 Å². The van der Waals surface area contributed by atoms with Gasteiger partial charge in [-0.2, -0.15) is 13.2 Å². The van der Waals surface area contributed by atoms with Crippen molar-refractivity contribution in [1.82, 2.24) is 0 Å². The van der Waals surface area contributed by atoms with Gasteiger partial charge in [-0.1, -0.05) is 30.3 Å². The van der Waals surface area contributed by atoms with E-state index in [1.807, 2.05) is 0 Å². The molecule has 2 nitrogen and oxygen atoms in total. The Morgan fingerprint density at radius 2 is 1.60 bits per heavy atom. The molecule has 0 spiro atoms. The van der Waals surface area contributed by atoms with Crippen molar-refractivity contribution in [2.45, 2.75) is 19.4 Å². The monoisotopic (exact) mass is 282 g/mol. The van der Waals surface area contributed by atoms with E-state index in [1.165, 1.54) is 12.1 Å². The number of benzene rings is 2. The van der Waals surface area contributed by atoms with Crippen LogP contribution in [0.25, 0.3) is 0 Å². The molecule has 0 heterocycles. The molecule has 20 heavy (non-hydrogen) atoms. The van der Waals surface area contributed by atoms with Gasteiger partial charge in [0.1, 0.15) is 12.4 Å². The van der Waals surface area contributed by atoms with E-state index in [0.717, 1.165) is 12.1 Å². The van der Waals surface area contributed by atoms with E-state index in [-0.39, 0.29) is 13.2 Å². The molecule has 0 aliphatic heterocycles. The number of halogens is 3. The number of hydrogen-bond acceptors (Lipinski definition) is 2. The molecule has 0 saturated carbocycles. The molecule has 0 aromatic heterocycles. The summed E-state index contributed by atoms with van der Waals surface area (Å²) in [4.78, 5) is 0. The lowest BCUT2D eigenvalue weighted by Gasteiger charge is -2.11. The molecular weight excluding hydrogens is 269 g/mol. The molecule has 0 saturated heterocycles. The van der Waals surface area contributed by atoms with Gasteiger partial charge in [-0.3, -0.25) is 0 Å². The fourth-order valence-corrected chi connectivity index (χ4v) is 1.73. The van der Waals surface area contributed by atoms with Gasteiger partial charge in [-0.15, -0.1) is 0 Å². The minimum atomic E-state index is -4.33. The quantitative estimate of drug-likeness (QED) is 0.924. The van der Waals surface area contributed by atoms with Gasteiger partial charge < -0.3 is 9.84 Å². The highest BCUT2D eigenvalue weighted by Crippen LogP contribution is 2.29. The number of para-hydroxylation sites is 1. The Morgan fingerprint density at radius 1 is 0.950 bits per heavy atom. The summed E-state index contributed by atoms with van der Waals surface area (Å²) in [7, 11) is 0. The number of ether oxygens (including phenoxy) is 1. The van der Waals surface area contributed by atoms with E-state index in [4.69, 9.17) is 9.84 Å². The van der Waals surface area contributed by atoms with Gasteiger partial charge in [-0.05, 0) is 23.8 Å². The highest BCUT2D eigenvalue weighted by molar-refractivity contribution is 5.33. The summed E-state index contributed by atoms with van der Waals surface area (Å²) in [5.41, 5.74) is 0.585. The zero-order valence-electron chi connectivity index (χ0n) is 10.5. The molecule has 2 rings (SSSR count). The number of hydrogen-bond donors (Lipinski definition) is 1. The standard InChI is InChI=1S/C15H13F3O2/c16-15(17,18)13-7-5-11(6-8-13)10-20-14-4-2-1-3-12(14)9-19/h1-8,19H,9-10H2. The average molecular weight is 282 g/mol. The predicted octanol–water partition coefficient (Wildman–Crippen LogP) is 3.78. The smallest absolute Gasteiger partial charge is 0.416 e. The Labute approximate surface area is 114 Å². The van der Waals surface area contributed by atoms with E-state index in [0.29, 0.717) is 16.9 Å². The SMILES string of the molecule is OCc1ccccc1OCc1ccc(C(F)(F)F)cc1. The van der Waals surface area contributed by atoms with Gasteiger partial charge in [0.05, 0.1) is 12.2 Å². The van der Waals surface area contributed by atoms with Gasteiger partial charge in [-0.25, -0.2) is 0 Å². The van der Waals surface area contributed by atoms with Crippen molar-refractivity contribution in [1.29, 1.82) is 0 Å². The van der Waals surface area contributed by atoms with Crippen molar-refractivity contribution in [3.63, 3.8) is 0 Å². The number of alkyl halides is 3. The van der Waals surface area contributed by atoms with Crippen molar-refractivity contribution in [3.05, 3.63) is 65.2 Å². The fourth-order valence-electron chi connectivity index (χ4n) is 1.73. The second kappa shape index (κ2) is 5.96.